The molecule has 1 aromatic heterocycles. The van der Waals surface area contributed by atoms with Crippen molar-refractivity contribution >= 4 is 0 Å². The van der Waals surface area contributed by atoms with Gasteiger partial charge in [-0.3, -0.25) is 9.78 Å². The largest absolute Gasteiger partial charge is 0.573 e. The molecule has 9 heteroatoms. The van der Waals surface area contributed by atoms with Gasteiger partial charge in [0.1, 0.15) is 11.3 Å². The van der Waals surface area contributed by atoms with E-state index >= 15 is 0 Å². The molecule has 0 bridgehead atoms. The molecule has 0 atom stereocenters. The third kappa shape index (κ3) is 3.33. The van der Waals surface area contributed by atoms with E-state index in [2.05, 4.69) is 9.47 Å². The van der Waals surface area contributed by atoms with E-state index in [0.717, 1.165) is 7.11 Å². The summed E-state index contributed by atoms with van der Waals surface area (Å²) in [5, 5.41) is 0. The molecule has 0 radical (unpaired) electrons. The molecule has 1 rings (SSSR count). The van der Waals surface area contributed by atoms with Crippen LogP contribution >= 0.6 is 0 Å². The van der Waals surface area contributed by atoms with Gasteiger partial charge in [0.25, 0.3) is 12.0 Å². The Morgan fingerprint density at radius 2 is 1.94 bits per heavy atom. The van der Waals surface area contributed by atoms with Crippen molar-refractivity contribution in [3.63, 3.8) is 0 Å². The Morgan fingerprint density at radius 1 is 1.35 bits per heavy atom. The maximum absolute atomic E-state index is 12.4. The van der Waals surface area contributed by atoms with Gasteiger partial charge in [0.2, 0.25) is 0 Å². The fourth-order valence-electron chi connectivity index (χ4n) is 1.05. The standard InChI is InChI=1S/C8H6F5NO3/c1-16-4-2-3(17-8(11,12)13)5(6(9)10)7(15)14-4/h2,6H,1H3,(H,14,15). The van der Waals surface area contributed by atoms with Gasteiger partial charge in [-0.25, -0.2) is 8.78 Å². The van der Waals surface area contributed by atoms with Crippen molar-refractivity contribution in [2.45, 2.75) is 12.8 Å². The van der Waals surface area contributed by atoms with E-state index in [0.29, 0.717) is 6.07 Å². The summed E-state index contributed by atoms with van der Waals surface area (Å²) in [6.45, 7) is 0. The van der Waals surface area contributed by atoms with Crippen molar-refractivity contribution in [1.82, 2.24) is 4.98 Å². The highest BCUT2D eigenvalue weighted by Crippen LogP contribution is 2.31. The minimum absolute atomic E-state index is 0.418. The van der Waals surface area contributed by atoms with Crippen LogP contribution in [0.25, 0.3) is 0 Å². The minimum Gasteiger partial charge on any atom is -0.482 e. The van der Waals surface area contributed by atoms with Gasteiger partial charge in [0.05, 0.1) is 7.11 Å². The van der Waals surface area contributed by atoms with E-state index in [9.17, 15) is 26.7 Å². The first-order valence-corrected chi connectivity index (χ1v) is 4.09. The quantitative estimate of drug-likeness (QED) is 0.847. The van der Waals surface area contributed by atoms with Crippen LogP contribution in [0.3, 0.4) is 0 Å². The van der Waals surface area contributed by atoms with Gasteiger partial charge in [0.15, 0.2) is 5.88 Å². The lowest BCUT2D eigenvalue weighted by molar-refractivity contribution is -0.275. The Morgan fingerprint density at radius 3 is 2.35 bits per heavy atom. The summed E-state index contributed by atoms with van der Waals surface area (Å²) in [6.07, 6.45) is -8.58. The average Bonchev–Trinajstić information content (AvgIpc) is 2.13. The van der Waals surface area contributed by atoms with Crippen molar-refractivity contribution in [2.75, 3.05) is 7.11 Å². The first-order valence-electron chi connectivity index (χ1n) is 4.09. The van der Waals surface area contributed by atoms with E-state index in [4.69, 9.17) is 0 Å². The number of hydrogen-bond donors (Lipinski definition) is 1. The molecule has 0 saturated heterocycles. The molecule has 0 aliphatic rings. The minimum atomic E-state index is -5.18. The van der Waals surface area contributed by atoms with Gasteiger partial charge in [-0.15, -0.1) is 13.2 Å². The number of ether oxygens (including phenoxy) is 2. The summed E-state index contributed by atoms with van der Waals surface area (Å²) in [5.74, 6) is -1.70. The van der Waals surface area contributed by atoms with Gasteiger partial charge in [-0.2, -0.15) is 0 Å². The fraction of sp³-hybridized carbons (Fsp3) is 0.375. The van der Waals surface area contributed by atoms with Gasteiger partial charge >= 0.3 is 6.36 Å². The van der Waals surface area contributed by atoms with Gasteiger partial charge < -0.3 is 9.47 Å². The number of H-pyrrole nitrogens is 1. The molecule has 1 aromatic rings. The third-order valence-corrected chi connectivity index (χ3v) is 1.67. The first-order chi connectivity index (χ1) is 7.74. The van der Waals surface area contributed by atoms with E-state index in [-0.39, 0.29) is 0 Å². The molecule has 0 aliphatic heterocycles. The second-order valence-electron chi connectivity index (χ2n) is 2.79. The molecular formula is C8H6F5NO3. The zero-order chi connectivity index (χ0) is 13.2. The smallest absolute Gasteiger partial charge is 0.482 e. The van der Waals surface area contributed by atoms with Crippen molar-refractivity contribution < 1.29 is 31.4 Å². The molecule has 4 nitrogen and oxygen atoms in total. The number of hydrogen-bond acceptors (Lipinski definition) is 3. The van der Waals surface area contributed by atoms with E-state index < -0.39 is 35.5 Å². The second kappa shape index (κ2) is 4.60. The maximum Gasteiger partial charge on any atom is 0.573 e. The number of pyridine rings is 1. The summed E-state index contributed by atoms with van der Waals surface area (Å²) in [5.41, 5.74) is -2.80. The zero-order valence-corrected chi connectivity index (χ0v) is 8.27. The van der Waals surface area contributed by atoms with Crippen LogP contribution in [-0.2, 0) is 0 Å². The summed E-state index contributed by atoms with van der Waals surface area (Å²) in [7, 11) is 1.05. The topological polar surface area (TPSA) is 51.3 Å². The fourth-order valence-corrected chi connectivity index (χ4v) is 1.05. The Bertz CT molecular complexity index is 453. The van der Waals surface area contributed by atoms with Crippen LogP contribution in [0.15, 0.2) is 10.9 Å². The molecule has 0 aromatic carbocycles. The highest BCUT2D eigenvalue weighted by molar-refractivity contribution is 5.36. The third-order valence-electron chi connectivity index (χ3n) is 1.67. The van der Waals surface area contributed by atoms with E-state index in [1.54, 1.807) is 0 Å². The van der Waals surface area contributed by atoms with E-state index in [1.807, 2.05) is 4.98 Å². The Balaban J connectivity index is 3.33. The van der Waals surface area contributed by atoms with Gasteiger partial charge in [-0.1, -0.05) is 0 Å². The predicted molar refractivity (Wildman–Crippen MR) is 45.3 cm³/mol. The van der Waals surface area contributed by atoms with Gasteiger partial charge in [-0.05, 0) is 0 Å². The highest BCUT2D eigenvalue weighted by Gasteiger charge is 2.34. The lowest BCUT2D eigenvalue weighted by Crippen LogP contribution is -2.22. The number of rotatable bonds is 3. The molecule has 0 amide bonds. The van der Waals surface area contributed by atoms with Crippen LogP contribution in [0, 0.1) is 0 Å². The molecule has 0 saturated carbocycles. The van der Waals surface area contributed by atoms with E-state index in [1.165, 1.54) is 0 Å². The second-order valence-corrected chi connectivity index (χ2v) is 2.79. The number of methoxy groups -OCH3 is 1. The van der Waals surface area contributed by atoms with Crippen LogP contribution in [-0.4, -0.2) is 18.5 Å². The lowest BCUT2D eigenvalue weighted by atomic mass is 10.2. The molecule has 0 aliphatic carbocycles. The Kier molecular flexibility index (Phi) is 3.59. The Hall–Kier alpha value is -1.80. The average molecular weight is 259 g/mol. The Labute approximate surface area is 91.0 Å². The molecule has 1 heterocycles. The lowest BCUT2D eigenvalue weighted by Gasteiger charge is -2.13. The van der Waals surface area contributed by atoms with Crippen molar-refractivity contribution in [2.24, 2.45) is 0 Å². The molecule has 0 spiro atoms. The SMILES string of the molecule is COc1cc(OC(F)(F)F)c(C(F)F)c(=O)[nH]1. The van der Waals surface area contributed by atoms with Crippen molar-refractivity contribution in [1.29, 1.82) is 0 Å². The monoisotopic (exact) mass is 259 g/mol. The van der Waals surface area contributed by atoms with Crippen LogP contribution in [0.4, 0.5) is 22.0 Å². The van der Waals surface area contributed by atoms with Crippen LogP contribution in [0.2, 0.25) is 0 Å². The first kappa shape index (κ1) is 13.3. The number of alkyl halides is 5. The van der Waals surface area contributed by atoms with Gasteiger partial charge in [0, 0.05) is 6.07 Å². The molecule has 0 unspecified atom stereocenters. The summed E-state index contributed by atoms with van der Waals surface area (Å²) in [4.78, 5) is 12.9. The van der Waals surface area contributed by atoms with Crippen molar-refractivity contribution in [3.8, 4) is 11.6 Å². The van der Waals surface area contributed by atoms with Crippen molar-refractivity contribution in [3.05, 3.63) is 22.0 Å². The molecule has 17 heavy (non-hydrogen) atoms. The molecule has 96 valence electrons. The summed E-state index contributed by atoms with van der Waals surface area (Å²) < 4.78 is 68.4. The normalized spacial score (nSPS) is 11.7. The number of nitrogens with one attached hydrogen (secondary N) is 1. The molecule has 1 N–H and O–H groups in total. The molecular weight excluding hydrogens is 253 g/mol. The predicted octanol–water partition coefficient (Wildman–Crippen LogP) is 2.22. The highest BCUT2D eigenvalue weighted by atomic mass is 19.4. The molecule has 0 fully saturated rings. The van der Waals surface area contributed by atoms with Crippen LogP contribution in [0.1, 0.15) is 12.0 Å². The number of halogens is 5. The zero-order valence-electron chi connectivity index (χ0n) is 8.27. The number of aromatic nitrogens is 1. The summed E-state index contributed by atoms with van der Waals surface area (Å²) >= 11 is 0. The summed E-state index contributed by atoms with van der Waals surface area (Å²) in [6, 6.07) is 0.524. The maximum atomic E-state index is 12.4. The number of aromatic amines is 1. The van der Waals surface area contributed by atoms with Crippen LogP contribution in [0.5, 0.6) is 11.6 Å². The van der Waals surface area contributed by atoms with Crippen LogP contribution < -0.4 is 15.0 Å².